The molecule has 23 heavy (non-hydrogen) atoms. The first-order chi connectivity index (χ1) is 11.3. The second kappa shape index (κ2) is 5.91. The van der Waals surface area contributed by atoms with Crippen LogP contribution in [0.25, 0.3) is 23.2 Å². The van der Waals surface area contributed by atoms with Gasteiger partial charge in [-0.1, -0.05) is 47.7 Å². The van der Waals surface area contributed by atoms with Gasteiger partial charge in [0.05, 0.1) is 4.53 Å². The second-order valence-corrected chi connectivity index (χ2v) is 6.83. The van der Waals surface area contributed by atoms with Gasteiger partial charge in [-0.15, -0.1) is 16.4 Å². The lowest BCUT2D eigenvalue weighted by Gasteiger charge is -1.87. The first-order valence-corrected chi connectivity index (χ1v) is 8.67. The van der Waals surface area contributed by atoms with Crippen LogP contribution in [0.3, 0.4) is 0 Å². The Hall–Kier alpha value is -2.57. The number of benzene rings is 1. The van der Waals surface area contributed by atoms with Gasteiger partial charge in [0.25, 0.3) is 5.56 Å². The number of hydrogen-bond acceptors (Lipinski definition) is 5. The number of thiophene rings is 1. The van der Waals surface area contributed by atoms with E-state index in [4.69, 9.17) is 0 Å². The topological polar surface area (TPSA) is 47.3 Å². The van der Waals surface area contributed by atoms with Crippen LogP contribution < -0.4 is 10.1 Å². The van der Waals surface area contributed by atoms with Gasteiger partial charge in [-0.05, 0) is 35.2 Å². The van der Waals surface area contributed by atoms with E-state index >= 15 is 0 Å². The minimum absolute atomic E-state index is 0.128. The minimum Gasteiger partial charge on any atom is -0.266 e. The molecule has 3 aromatic heterocycles. The highest BCUT2D eigenvalue weighted by molar-refractivity contribution is 7.15. The summed E-state index contributed by atoms with van der Waals surface area (Å²) in [7, 11) is 0. The fourth-order valence-electron chi connectivity index (χ4n) is 2.16. The lowest BCUT2D eigenvalue weighted by molar-refractivity contribution is 0.925. The molecule has 0 amide bonds. The molecule has 4 aromatic rings. The van der Waals surface area contributed by atoms with E-state index in [1.54, 1.807) is 11.3 Å². The van der Waals surface area contributed by atoms with Gasteiger partial charge >= 0.3 is 0 Å². The quantitative estimate of drug-likeness (QED) is 0.577. The van der Waals surface area contributed by atoms with Crippen molar-refractivity contribution in [3.05, 3.63) is 79.0 Å². The molecular formula is C17H11N3OS2. The van der Waals surface area contributed by atoms with Crippen LogP contribution >= 0.6 is 22.7 Å². The van der Waals surface area contributed by atoms with Gasteiger partial charge in [-0.2, -0.15) is 9.50 Å². The van der Waals surface area contributed by atoms with Gasteiger partial charge < -0.3 is 0 Å². The van der Waals surface area contributed by atoms with Crippen LogP contribution in [0.15, 0.2) is 52.6 Å². The average molecular weight is 337 g/mol. The van der Waals surface area contributed by atoms with Gasteiger partial charge in [0.2, 0.25) is 4.96 Å². The van der Waals surface area contributed by atoms with E-state index in [9.17, 15) is 4.79 Å². The number of thiazole rings is 1. The van der Waals surface area contributed by atoms with E-state index in [2.05, 4.69) is 10.1 Å². The molecule has 1 aromatic carbocycles. The molecule has 0 unspecified atom stereocenters. The van der Waals surface area contributed by atoms with Crippen LogP contribution in [0, 0.1) is 0 Å². The molecule has 0 fully saturated rings. The van der Waals surface area contributed by atoms with Crippen LogP contribution in [-0.2, 0) is 0 Å². The molecule has 0 saturated carbocycles. The summed E-state index contributed by atoms with van der Waals surface area (Å²) in [4.78, 5) is 18.5. The molecule has 0 aliphatic rings. The zero-order chi connectivity index (χ0) is 15.6. The smallest absolute Gasteiger partial charge is 0.266 e. The standard InChI is InChI=1S/C17H11N3OS2/c21-16-14(11-12-5-2-1-3-6-12)23-17-18-15(19-20(16)17)9-8-13-7-4-10-22-13/h1-11H/b9-8+,14-11-. The van der Waals surface area contributed by atoms with E-state index in [1.165, 1.54) is 15.9 Å². The van der Waals surface area contributed by atoms with E-state index in [-0.39, 0.29) is 5.56 Å². The summed E-state index contributed by atoms with van der Waals surface area (Å²) in [6.07, 6.45) is 5.64. The summed E-state index contributed by atoms with van der Waals surface area (Å²) in [6, 6.07) is 13.8. The highest BCUT2D eigenvalue weighted by atomic mass is 32.1. The minimum atomic E-state index is -0.128. The molecule has 0 spiro atoms. The van der Waals surface area contributed by atoms with Gasteiger partial charge in [-0.3, -0.25) is 4.79 Å². The Balaban J connectivity index is 1.72. The van der Waals surface area contributed by atoms with Crippen LogP contribution in [-0.4, -0.2) is 14.6 Å². The molecule has 3 heterocycles. The highest BCUT2D eigenvalue weighted by Crippen LogP contribution is 2.12. The van der Waals surface area contributed by atoms with Crippen molar-refractivity contribution in [3.8, 4) is 0 Å². The van der Waals surface area contributed by atoms with Crippen molar-refractivity contribution in [1.82, 2.24) is 14.6 Å². The number of rotatable bonds is 3. The molecule has 0 saturated heterocycles. The number of aromatic nitrogens is 3. The monoisotopic (exact) mass is 337 g/mol. The van der Waals surface area contributed by atoms with Crippen molar-refractivity contribution in [3.63, 3.8) is 0 Å². The SMILES string of the molecule is O=c1/c(=C/c2ccccc2)sc2nc(/C=C/c3cccs3)nn12. The van der Waals surface area contributed by atoms with Crippen molar-refractivity contribution < 1.29 is 0 Å². The Morgan fingerprint density at radius 2 is 1.91 bits per heavy atom. The molecule has 0 aliphatic carbocycles. The van der Waals surface area contributed by atoms with Gasteiger partial charge in [0.1, 0.15) is 0 Å². The van der Waals surface area contributed by atoms with Crippen molar-refractivity contribution in [2.45, 2.75) is 0 Å². The molecule has 0 N–H and O–H groups in total. The normalized spacial score (nSPS) is 12.6. The predicted molar refractivity (Wildman–Crippen MR) is 95.6 cm³/mol. The summed E-state index contributed by atoms with van der Waals surface area (Å²) in [5, 5.41) is 6.29. The Morgan fingerprint density at radius 1 is 1.04 bits per heavy atom. The third kappa shape index (κ3) is 2.86. The Morgan fingerprint density at radius 3 is 2.65 bits per heavy atom. The maximum Gasteiger partial charge on any atom is 0.291 e. The van der Waals surface area contributed by atoms with Crippen molar-refractivity contribution >= 4 is 45.9 Å². The fraction of sp³-hybridized carbons (Fsp3) is 0. The predicted octanol–water partition coefficient (Wildman–Crippen LogP) is 2.93. The molecular weight excluding hydrogens is 326 g/mol. The van der Waals surface area contributed by atoms with Crippen LogP contribution in [0.5, 0.6) is 0 Å². The number of nitrogens with zero attached hydrogens (tertiary/aromatic N) is 3. The second-order valence-electron chi connectivity index (χ2n) is 4.84. The highest BCUT2D eigenvalue weighted by Gasteiger charge is 2.08. The number of fused-ring (bicyclic) bond motifs is 1. The first kappa shape index (κ1) is 14.0. The van der Waals surface area contributed by atoms with Crippen LogP contribution in [0.2, 0.25) is 0 Å². The van der Waals surface area contributed by atoms with Gasteiger partial charge in [0, 0.05) is 4.88 Å². The maximum absolute atomic E-state index is 12.4. The Labute approximate surface area is 139 Å². The average Bonchev–Trinajstić information content (AvgIpc) is 3.26. The van der Waals surface area contributed by atoms with Crippen LogP contribution in [0.4, 0.5) is 0 Å². The van der Waals surface area contributed by atoms with Crippen molar-refractivity contribution in [1.29, 1.82) is 0 Å². The largest absolute Gasteiger partial charge is 0.291 e. The van der Waals surface area contributed by atoms with E-state index in [0.717, 1.165) is 10.4 Å². The molecule has 0 aliphatic heterocycles. The maximum atomic E-state index is 12.4. The van der Waals surface area contributed by atoms with Gasteiger partial charge in [-0.25, -0.2) is 0 Å². The lowest BCUT2D eigenvalue weighted by atomic mass is 10.2. The molecule has 4 nitrogen and oxygen atoms in total. The van der Waals surface area contributed by atoms with Crippen molar-refractivity contribution in [2.24, 2.45) is 0 Å². The molecule has 6 heteroatoms. The fourth-order valence-corrected chi connectivity index (χ4v) is 3.70. The summed E-state index contributed by atoms with van der Waals surface area (Å²) >= 11 is 3.00. The summed E-state index contributed by atoms with van der Waals surface area (Å²) in [6.45, 7) is 0. The first-order valence-electron chi connectivity index (χ1n) is 6.97. The summed E-state index contributed by atoms with van der Waals surface area (Å²) in [5.41, 5.74) is 0.865. The summed E-state index contributed by atoms with van der Waals surface area (Å²) in [5.74, 6) is 0.549. The van der Waals surface area contributed by atoms with Crippen molar-refractivity contribution in [2.75, 3.05) is 0 Å². The zero-order valence-corrected chi connectivity index (χ0v) is 13.6. The van der Waals surface area contributed by atoms with E-state index in [0.29, 0.717) is 15.3 Å². The third-order valence-corrected chi connectivity index (χ3v) is 5.03. The van der Waals surface area contributed by atoms with E-state index < -0.39 is 0 Å². The van der Waals surface area contributed by atoms with E-state index in [1.807, 2.05) is 66.1 Å². The number of hydrogen-bond donors (Lipinski definition) is 0. The zero-order valence-electron chi connectivity index (χ0n) is 11.9. The van der Waals surface area contributed by atoms with Gasteiger partial charge in [0.15, 0.2) is 5.82 Å². The molecule has 4 rings (SSSR count). The Bertz CT molecular complexity index is 1080. The summed E-state index contributed by atoms with van der Waals surface area (Å²) < 4.78 is 2.01. The molecule has 0 bridgehead atoms. The molecule has 112 valence electrons. The third-order valence-electron chi connectivity index (χ3n) is 3.24. The van der Waals surface area contributed by atoms with Crippen LogP contribution in [0.1, 0.15) is 16.3 Å². The molecule has 0 radical (unpaired) electrons. The lowest BCUT2D eigenvalue weighted by Crippen LogP contribution is -2.23. The Kier molecular flexibility index (Phi) is 3.61. The molecule has 0 atom stereocenters.